The molecule has 0 aromatic rings. The number of piperidine rings is 1. The standard InChI is InChI=1S/C13H24N2O3/c1-4-9(2)10(3)14-13(18)15-7-5-6-11(8-15)12(16)17/h9-11H,4-8H2,1-3H3,(H,14,18)(H,16,17)/t9?,10?,11-/m1/s1. The second-order valence-electron chi connectivity index (χ2n) is 5.25. The average molecular weight is 256 g/mol. The van der Waals surface area contributed by atoms with Crippen molar-refractivity contribution in [2.24, 2.45) is 11.8 Å². The molecule has 5 nitrogen and oxygen atoms in total. The van der Waals surface area contributed by atoms with Gasteiger partial charge in [-0.3, -0.25) is 4.79 Å². The monoisotopic (exact) mass is 256 g/mol. The molecule has 0 aliphatic carbocycles. The summed E-state index contributed by atoms with van der Waals surface area (Å²) in [6, 6.07) is -0.0125. The van der Waals surface area contributed by atoms with Crippen LogP contribution in [0.3, 0.4) is 0 Å². The number of carbonyl (C=O) groups is 2. The number of carbonyl (C=O) groups excluding carboxylic acids is 1. The maximum Gasteiger partial charge on any atom is 0.317 e. The fourth-order valence-corrected chi connectivity index (χ4v) is 2.15. The molecule has 1 fully saturated rings. The smallest absolute Gasteiger partial charge is 0.317 e. The maximum atomic E-state index is 12.0. The van der Waals surface area contributed by atoms with Crippen LogP contribution in [0.2, 0.25) is 0 Å². The Morgan fingerprint density at radius 3 is 2.67 bits per heavy atom. The second-order valence-corrected chi connectivity index (χ2v) is 5.25. The Kier molecular flexibility index (Phi) is 5.44. The lowest BCUT2D eigenvalue weighted by atomic mass is 9.98. The van der Waals surface area contributed by atoms with Crippen molar-refractivity contribution in [2.45, 2.75) is 46.1 Å². The molecule has 1 aliphatic rings. The molecule has 3 atom stereocenters. The topological polar surface area (TPSA) is 69.6 Å². The number of nitrogens with one attached hydrogen (secondary N) is 1. The molecule has 2 N–H and O–H groups in total. The molecule has 104 valence electrons. The fraction of sp³-hybridized carbons (Fsp3) is 0.846. The predicted octanol–water partition coefficient (Wildman–Crippen LogP) is 1.93. The zero-order chi connectivity index (χ0) is 13.7. The summed E-state index contributed by atoms with van der Waals surface area (Å²) in [7, 11) is 0. The van der Waals surface area contributed by atoms with Gasteiger partial charge in [0.05, 0.1) is 5.92 Å². The maximum absolute atomic E-state index is 12.0. The lowest BCUT2D eigenvalue weighted by Crippen LogP contribution is -2.50. The number of nitrogens with zero attached hydrogens (tertiary/aromatic N) is 1. The van der Waals surface area contributed by atoms with Crippen molar-refractivity contribution < 1.29 is 14.7 Å². The Morgan fingerprint density at radius 1 is 1.44 bits per heavy atom. The van der Waals surface area contributed by atoms with Crippen LogP contribution in [-0.2, 0) is 4.79 Å². The molecule has 1 heterocycles. The minimum absolute atomic E-state index is 0.118. The zero-order valence-electron chi connectivity index (χ0n) is 11.5. The Labute approximate surface area is 109 Å². The molecule has 2 amide bonds. The molecule has 5 heteroatoms. The van der Waals surface area contributed by atoms with Gasteiger partial charge in [-0.2, -0.15) is 0 Å². The summed E-state index contributed by atoms with van der Waals surface area (Å²) in [5, 5.41) is 11.9. The highest BCUT2D eigenvalue weighted by molar-refractivity contribution is 5.76. The Bertz CT molecular complexity index is 307. The number of hydrogen-bond acceptors (Lipinski definition) is 2. The van der Waals surface area contributed by atoms with Gasteiger partial charge in [-0.15, -0.1) is 0 Å². The molecule has 0 saturated carbocycles. The van der Waals surface area contributed by atoms with E-state index in [0.717, 1.165) is 12.8 Å². The van der Waals surface area contributed by atoms with E-state index >= 15 is 0 Å². The van der Waals surface area contributed by atoms with Gasteiger partial charge < -0.3 is 15.3 Å². The first-order valence-electron chi connectivity index (χ1n) is 6.74. The number of likely N-dealkylation sites (tertiary alicyclic amines) is 1. The Hall–Kier alpha value is -1.26. The van der Waals surface area contributed by atoms with E-state index in [1.807, 2.05) is 6.92 Å². The molecule has 0 aromatic carbocycles. The molecule has 0 aromatic heterocycles. The summed E-state index contributed by atoms with van der Waals surface area (Å²) in [5.41, 5.74) is 0. The molecular weight excluding hydrogens is 232 g/mol. The van der Waals surface area contributed by atoms with E-state index in [-0.39, 0.29) is 12.1 Å². The summed E-state index contributed by atoms with van der Waals surface area (Å²) < 4.78 is 0. The first-order chi connectivity index (χ1) is 8.45. The number of rotatable bonds is 4. The van der Waals surface area contributed by atoms with Crippen molar-refractivity contribution in [3.05, 3.63) is 0 Å². The highest BCUT2D eigenvalue weighted by Crippen LogP contribution is 2.17. The van der Waals surface area contributed by atoms with Crippen LogP contribution < -0.4 is 5.32 Å². The third-order valence-electron chi connectivity index (χ3n) is 3.91. The SMILES string of the molecule is CCC(C)C(C)NC(=O)N1CCC[C@@H](C(=O)O)C1. The molecule has 1 aliphatic heterocycles. The molecule has 0 spiro atoms. The van der Waals surface area contributed by atoms with E-state index in [1.54, 1.807) is 4.90 Å². The van der Waals surface area contributed by atoms with E-state index in [0.29, 0.717) is 25.4 Å². The molecular formula is C13H24N2O3. The van der Waals surface area contributed by atoms with Crippen LogP contribution in [0.15, 0.2) is 0 Å². The molecule has 1 rings (SSSR count). The predicted molar refractivity (Wildman–Crippen MR) is 69.4 cm³/mol. The third kappa shape index (κ3) is 3.89. The molecule has 2 unspecified atom stereocenters. The molecule has 0 bridgehead atoms. The number of carboxylic acid groups (broad SMARTS) is 1. The van der Waals surface area contributed by atoms with Gasteiger partial charge >= 0.3 is 12.0 Å². The van der Waals surface area contributed by atoms with Crippen molar-refractivity contribution in [3.63, 3.8) is 0 Å². The lowest BCUT2D eigenvalue weighted by Gasteiger charge is -2.32. The minimum Gasteiger partial charge on any atom is -0.481 e. The van der Waals surface area contributed by atoms with Crippen molar-refractivity contribution in [1.29, 1.82) is 0 Å². The van der Waals surface area contributed by atoms with E-state index in [4.69, 9.17) is 5.11 Å². The average Bonchev–Trinajstić information content (AvgIpc) is 2.37. The molecule has 1 saturated heterocycles. The van der Waals surface area contributed by atoms with Crippen LogP contribution in [0.4, 0.5) is 4.79 Å². The zero-order valence-corrected chi connectivity index (χ0v) is 11.5. The summed E-state index contributed by atoms with van der Waals surface area (Å²) >= 11 is 0. The van der Waals surface area contributed by atoms with E-state index < -0.39 is 11.9 Å². The van der Waals surface area contributed by atoms with Gasteiger partial charge in [0.2, 0.25) is 0 Å². The summed E-state index contributed by atoms with van der Waals surface area (Å²) in [6.07, 6.45) is 2.45. The van der Waals surface area contributed by atoms with Crippen molar-refractivity contribution >= 4 is 12.0 Å². The van der Waals surface area contributed by atoms with Gasteiger partial charge in [-0.05, 0) is 25.7 Å². The summed E-state index contributed by atoms with van der Waals surface area (Å²) in [4.78, 5) is 24.6. The van der Waals surface area contributed by atoms with Gasteiger partial charge in [-0.1, -0.05) is 20.3 Å². The van der Waals surface area contributed by atoms with Gasteiger partial charge in [0.1, 0.15) is 0 Å². The third-order valence-corrected chi connectivity index (χ3v) is 3.91. The number of amides is 2. The van der Waals surface area contributed by atoms with Gasteiger partial charge in [-0.25, -0.2) is 4.79 Å². The van der Waals surface area contributed by atoms with Crippen molar-refractivity contribution in [1.82, 2.24) is 10.2 Å². The van der Waals surface area contributed by atoms with Gasteiger partial charge in [0, 0.05) is 19.1 Å². The number of hydrogen-bond donors (Lipinski definition) is 2. The van der Waals surface area contributed by atoms with Crippen LogP contribution in [0.5, 0.6) is 0 Å². The van der Waals surface area contributed by atoms with Crippen LogP contribution in [0.1, 0.15) is 40.0 Å². The number of carboxylic acids is 1. The fourth-order valence-electron chi connectivity index (χ4n) is 2.15. The van der Waals surface area contributed by atoms with Crippen LogP contribution in [0, 0.1) is 11.8 Å². The summed E-state index contributed by atoms with van der Waals surface area (Å²) in [6.45, 7) is 7.16. The second kappa shape index (κ2) is 6.61. The summed E-state index contributed by atoms with van der Waals surface area (Å²) in [5.74, 6) is -0.792. The van der Waals surface area contributed by atoms with Gasteiger partial charge in [0.25, 0.3) is 0 Å². The molecule has 18 heavy (non-hydrogen) atoms. The first-order valence-corrected chi connectivity index (χ1v) is 6.74. The van der Waals surface area contributed by atoms with Crippen LogP contribution in [-0.4, -0.2) is 41.1 Å². The highest BCUT2D eigenvalue weighted by atomic mass is 16.4. The minimum atomic E-state index is -0.803. The van der Waals surface area contributed by atoms with E-state index in [2.05, 4.69) is 19.2 Å². The number of aliphatic carboxylic acids is 1. The largest absolute Gasteiger partial charge is 0.481 e. The number of urea groups is 1. The van der Waals surface area contributed by atoms with E-state index in [1.165, 1.54) is 0 Å². The van der Waals surface area contributed by atoms with Crippen LogP contribution in [0.25, 0.3) is 0 Å². The molecule has 0 radical (unpaired) electrons. The normalized spacial score (nSPS) is 23.3. The van der Waals surface area contributed by atoms with Crippen molar-refractivity contribution in [2.75, 3.05) is 13.1 Å². The van der Waals surface area contributed by atoms with Crippen molar-refractivity contribution in [3.8, 4) is 0 Å². The Morgan fingerprint density at radius 2 is 2.11 bits per heavy atom. The first kappa shape index (κ1) is 14.8. The van der Waals surface area contributed by atoms with E-state index in [9.17, 15) is 9.59 Å². The van der Waals surface area contributed by atoms with Crippen LogP contribution >= 0.6 is 0 Å². The highest BCUT2D eigenvalue weighted by Gasteiger charge is 2.28. The quantitative estimate of drug-likeness (QED) is 0.807. The lowest BCUT2D eigenvalue weighted by molar-refractivity contribution is -0.143. The van der Waals surface area contributed by atoms with Gasteiger partial charge in [0.15, 0.2) is 0 Å². The Balaban J connectivity index is 2.48.